The van der Waals surface area contributed by atoms with Crippen molar-refractivity contribution in [3.63, 3.8) is 0 Å². The van der Waals surface area contributed by atoms with E-state index >= 15 is 0 Å². The molecule has 0 saturated carbocycles. The molecule has 1 aromatic rings. The minimum absolute atomic E-state index is 0.367. The van der Waals surface area contributed by atoms with Gasteiger partial charge in [-0.1, -0.05) is 18.5 Å². The van der Waals surface area contributed by atoms with E-state index in [1.165, 1.54) is 10.4 Å². The molecule has 1 unspecified atom stereocenters. The number of methoxy groups -OCH3 is 1. The van der Waals surface area contributed by atoms with Crippen LogP contribution in [0.1, 0.15) is 36.2 Å². The van der Waals surface area contributed by atoms with Gasteiger partial charge in [0.1, 0.15) is 0 Å². The summed E-state index contributed by atoms with van der Waals surface area (Å²) in [6.45, 7) is 5.95. The normalized spacial score (nSPS) is 13.0. The van der Waals surface area contributed by atoms with Gasteiger partial charge < -0.3 is 10.1 Å². The highest BCUT2D eigenvalue weighted by molar-refractivity contribution is 7.10. The zero-order valence-electron chi connectivity index (χ0n) is 10.2. The first-order chi connectivity index (χ1) is 7.70. The standard InChI is InChI=1S/C12H20ClNOS/c1-4-14-10(6-5-7-15-3)12-11(13)9(2)8-16-12/h8,10,14H,4-7H2,1-3H3. The van der Waals surface area contributed by atoms with E-state index in [1.54, 1.807) is 18.4 Å². The molecule has 1 rings (SSSR count). The van der Waals surface area contributed by atoms with Gasteiger partial charge in [0, 0.05) is 24.6 Å². The Labute approximate surface area is 107 Å². The Morgan fingerprint density at radius 3 is 2.81 bits per heavy atom. The second kappa shape index (κ2) is 7.28. The van der Waals surface area contributed by atoms with Crippen LogP contribution in [0.3, 0.4) is 0 Å². The zero-order chi connectivity index (χ0) is 12.0. The summed E-state index contributed by atoms with van der Waals surface area (Å²) in [6, 6.07) is 0.367. The Balaban J connectivity index is 2.65. The fourth-order valence-corrected chi connectivity index (χ4v) is 3.12. The molecule has 1 aromatic heterocycles. The maximum Gasteiger partial charge on any atom is 0.0590 e. The third-order valence-electron chi connectivity index (χ3n) is 2.53. The molecule has 0 saturated heterocycles. The SMILES string of the molecule is CCNC(CCCOC)c1scc(C)c1Cl. The summed E-state index contributed by atoms with van der Waals surface area (Å²) in [4.78, 5) is 1.26. The lowest BCUT2D eigenvalue weighted by Crippen LogP contribution is -2.20. The van der Waals surface area contributed by atoms with Crippen LogP contribution in [0.15, 0.2) is 5.38 Å². The Morgan fingerprint density at radius 2 is 2.31 bits per heavy atom. The summed E-state index contributed by atoms with van der Waals surface area (Å²) in [7, 11) is 1.74. The highest BCUT2D eigenvalue weighted by atomic mass is 35.5. The summed E-state index contributed by atoms with van der Waals surface area (Å²) >= 11 is 8.04. The van der Waals surface area contributed by atoms with Crippen molar-refractivity contribution in [3.05, 3.63) is 20.8 Å². The van der Waals surface area contributed by atoms with Crippen molar-refractivity contribution in [1.29, 1.82) is 0 Å². The van der Waals surface area contributed by atoms with Crippen LogP contribution in [0.5, 0.6) is 0 Å². The minimum atomic E-state index is 0.367. The molecule has 2 nitrogen and oxygen atoms in total. The highest BCUT2D eigenvalue weighted by Crippen LogP contribution is 2.34. The fourth-order valence-electron chi connectivity index (χ4n) is 1.69. The predicted octanol–water partition coefficient (Wildman–Crippen LogP) is 3.79. The van der Waals surface area contributed by atoms with Crippen LogP contribution in [-0.2, 0) is 4.74 Å². The first kappa shape index (κ1) is 14.0. The van der Waals surface area contributed by atoms with Gasteiger partial charge in [-0.15, -0.1) is 11.3 Å². The summed E-state index contributed by atoms with van der Waals surface area (Å²) in [5, 5.41) is 6.53. The van der Waals surface area contributed by atoms with Gasteiger partial charge >= 0.3 is 0 Å². The summed E-state index contributed by atoms with van der Waals surface area (Å²) in [5.41, 5.74) is 1.18. The molecule has 1 N–H and O–H groups in total. The number of halogens is 1. The smallest absolute Gasteiger partial charge is 0.0590 e. The molecule has 0 aliphatic rings. The molecule has 0 spiro atoms. The second-order valence-electron chi connectivity index (χ2n) is 3.84. The lowest BCUT2D eigenvalue weighted by Gasteiger charge is -2.16. The van der Waals surface area contributed by atoms with E-state index in [9.17, 15) is 0 Å². The Hall–Kier alpha value is -0.0900. The van der Waals surface area contributed by atoms with Gasteiger partial charge in [0.2, 0.25) is 0 Å². The van der Waals surface area contributed by atoms with Crippen LogP contribution in [0.25, 0.3) is 0 Å². The first-order valence-electron chi connectivity index (χ1n) is 5.66. The van der Waals surface area contributed by atoms with Crippen LogP contribution in [0, 0.1) is 6.92 Å². The third-order valence-corrected chi connectivity index (χ3v) is 4.36. The van der Waals surface area contributed by atoms with E-state index in [0.29, 0.717) is 6.04 Å². The van der Waals surface area contributed by atoms with Crippen molar-refractivity contribution in [1.82, 2.24) is 5.32 Å². The van der Waals surface area contributed by atoms with Gasteiger partial charge in [-0.2, -0.15) is 0 Å². The van der Waals surface area contributed by atoms with Crippen molar-refractivity contribution in [3.8, 4) is 0 Å². The van der Waals surface area contributed by atoms with Crippen LogP contribution in [0.2, 0.25) is 5.02 Å². The molecule has 16 heavy (non-hydrogen) atoms. The molecule has 0 amide bonds. The number of thiophene rings is 1. The predicted molar refractivity (Wildman–Crippen MR) is 71.6 cm³/mol. The van der Waals surface area contributed by atoms with Gasteiger partial charge in [0.05, 0.1) is 5.02 Å². The highest BCUT2D eigenvalue weighted by Gasteiger charge is 2.16. The van der Waals surface area contributed by atoms with Gasteiger partial charge in [-0.05, 0) is 37.3 Å². The lowest BCUT2D eigenvalue weighted by molar-refractivity contribution is 0.189. The molecule has 0 radical (unpaired) electrons. The fraction of sp³-hybridized carbons (Fsp3) is 0.667. The van der Waals surface area contributed by atoms with Gasteiger partial charge in [-0.3, -0.25) is 0 Å². The molecule has 0 aliphatic carbocycles. The number of nitrogens with one attached hydrogen (secondary N) is 1. The number of hydrogen-bond donors (Lipinski definition) is 1. The van der Waals surface area contributed by atoms with Gasteiger partial charge in [-0.25, -0.2) is 0 Å². The van der Waals surface area contributed by atoms with E-state index < -0.39 is 0 Å². The average molecular weight is 262 g/mol. The summed E-state index contributed by atoms with van der Waals surface area (Å²) in [6.07, 6.45) is 2.13. The topological polar surface area (TPSA) is 21.3 Å². The van der Waals surface area contributed by atoms with Crippen molar-refractivity contribution in [2.24, 2.45) is 0 Å². The monoisotopic (exact) mass is 261 g/mol. The van der Waals surface area contributed by atoms with E-state index in [-0.39, 0.29) is 0 Å². The van der Waals surface area contributed by atoms with E-state index in [4.69, 9.17) is 16.3 Å². The molecule has 0 bridgehead atoms. The van der Waals surface area contributed by atoms with Gasteiger partial charge in [0.25, 0.3) is 0 Å². The lowest BCUT2D eigenvalue weighted by atomic mass is 10.1. The molecule has 0 fully saturated rings. The van der Waals surface area contributed by atoms with E-state index in [2.05, 4.69) is 24.5 Å². The van der Waals surface area contributed by atoms with E-state index in [1.807, 2.05) is 0 Å². The largest absolute Gasteiger partial charge is 0.385 e. The molecule has 1 atom stereocenters. The number of aryl methyl sites for hydroxylation is 1. The molecule has 1 heterocycles. The van der Waals surface area contributed by atoms with Crippen molar-refractivity contribution in [2.45, 2.75) is 32.7 Å². The Morgan fingerprint density at radius 1 is 1.56 bits per heavy atom. The second-order valence-corrected chi connectivity index (χ2v) is 5.13. The van der Waals surface area contributed by atoms with Crippen LogP contribution < -0.4 is 5.32 Å². The van der Waals surface area contributed by atoms with Crippen LogP contribution in [0.4, 0.5) is 0 Å². The minimum Gasteiger partial charge on any atom is -0.385 e. The van der Waals surface area contributed by atoms with Crippen molar-refractivity contribution < 1.29 is 4.74 Å². The van der Waals surface area contributed by atoms with Crippen molar-refractivity contribution in [2.75, 3.05) is 20.3 Å². The van der Waals surface area contributed by atoms with Crippen LogP contribution >= 0.6 is 22.9 Å². The maximum absolute atomic E-state index is 6.29. The molecular weight excluding hydrogens is 242 g/mol. The first-order valence-corrected chi connectivity index (χ1v) is 6.92. The number of ether oxygens (including phenoxy) is 1. The number of rotatable bonds is 7. The molecule has 4 heteroatoms. The average Bonchev–Trinajstić information content (AvgIpc) is 2.59. The van der Waals surface area contributed by atoms with Crippen molar-refractivity contribution >= 4 is 22.9 Å². The molecule has 0 aliphatic heterocycles. The van der Waals surface area contributed by atoms with E-state index in [0.717, 1.165) is 31.0 Å². The molecule has 0 aromatic carbocycles. The summed E-state index contributed by atoms with van der Waals surface area (Å²) < 4.78 is 5.08. The maximum atomic E-state index is 6.29. The zero-order valence-corrected chi connectivity index (χ0v) is 11.8. The molecular formula is C12H20ClNOS. The van der Waals surface area contributed by atoms with Gasteiger partial charge in [0.15, 0.2) is 0 Å². The Bertz CT molecular complexity index is 314. The number of hydrogen-bond acceptors (Lipinski definition) is 3. The third kappa shape index (κ3) is 3.74. The quantitative estimate of drug-likeness (QED) is 0.754. The summed E-state index contributed by atoms with van der Waals surface area (Å²) in [5.74, 6) is 0. The Kier molecular flexibility index (Phi) is 6.36. The molecule has 92 valence electrons. The van der Waals surface area contributed by atoms with Crippen LogP contribution in [-0.4, -0.2) is 20.3 Å².